The van der Waals surface area contributed by atoms with Crippen LogP contribution in [0.3, 0.4) is 0 Å². The highest BCUT2D eigenvalue weighted by atomic mass is 32.2. The lowest BCUT2D eigenvalue weighted by molar-refractivity contribution is 0.102. The molecule has 1 N–H and O–H groups in total. The molecule has 3 aromatic rings. The second-order valence-corrected chi connectivity index (χ2v) is 7.39. The van der Waals surface area contributed by atoms with Crippen molar-refractivity contribution in [2.24, 2.45) is 0 Å². The van der Waals surface area contributed by atoms with Crippen LogP contribution < -0.4 is 5.32 Å². The van der Waals surface area contributed by atoms with Crippen LogP contribution in [0.2, 0.25) is 0 Å². The van der Waals surface area contributed by atoms with E-state index >= 15 is 0 Å². The van der Waals surface area contributed by atoms with E-state index in [9.17, 15) is 4.79 Å². The third kappa shape index (κ3) is 4.73. The number of pyridine rings is 1. The van der Waals surface area contributed by atoms with Crippen molar-refractivity contribution < 1.29 is 4.79 Å². The third-order valence-electron chi connectivity index (χ3n) is 4.09. The first kappa shape index (κ1) is 18.2. The number of hydrogen-bond donors (Lipinski definition) is 1. The molecule has 0 aliphatic heterocycles. The fourth-order valence-electron chi connectivity index (χ4n) is 2.59. The van der Waals surface area contributed by atoms with Crippen LogP contribution in [0.25, 0.3) is 0 Å². The van der Waals surface area contributed by atoms with Crippen LogP contribution in [-0.2, 0) is 5.75 Å². The Morgan fingerprint density at radius 3 is 2.58 bits per heavy atom. The molecule has 1 heterocycles. The number of carbonyl (C=O) groups excluding carboxylic acids is 1. The molecule has 3 nitrogen and oxygen atoms in total. The predicted octanol–water partition coefficient (Wildman–Crippen LogP) is 5.75. The van der Waals surface area contributed by atoms with Crippen molar-refractivity contribution in [3.8, 4) is 0 Å². The zero-order valence-electron chi connectivity index (χ0n) is 15.0. The minimum absolute atomic E-state index is 0.0799. The molecule has 0 aliphatic carbocycles. The van der Waals surface area contributed by atoms with Gasteiger partial charge in [0.25, 0.3) is 5.91 Å². The summed E-state index contributed by atoms with van der Waals surface area (Å²) in [6, 6.07) is 19.7. The van der Waals surface area contributed by atoms with E-state index in [1.807, 2.05) is 54.6 Å². The Morgan fingerprint density at radius 1 is 1.04 bits per heavy atom. The van der Waals surface area contributed by atoms with Gasteiger partial charge in [0.05, 0.1) is 5.56 Å². The molecule has 132 valence electrons. The standard InChI is InChI=1S/C22H22N2OS/c1-16(2)18-6-5-7-19(14-18)24-22(25)20-8-3-4-9-21(20)26-15-17-10-12-23-13-11-17/h3-14,16H,15H2,1-2H3,(H,24,25). The lowest BCUT2D eigenvalue weighted by Gasteiger charge is -2.12. The van der Waals surface area contributed by atoms with Gasteiger partial charge in [0, 0.05) is 28.7 Å². The molecule has 3 rings (SSSR count). The van der Waals surface area contributed by atoms with Gasteiger partial charge in [0.2, 0.25) is 0 Å². The number of aromatic nitrogens is 1. The van der Waals surface area contributed by atoms with Crippen molar-refractivity contribution in [2.75, 3.05) is 5.32 Å². The first-order chi connectivity index (χ1) is 12.6. The molecule has 26 heavy (non-hydrogen) atoms. The lowest BCUT2D eigenvalue weighted by atomic mass is 10.0. The van der Waals surface area contributed by atoms with Crippen LogP contribution in [0.5, 0.6) is 0 Å². The van der Waals surface area contributed by atoms with Gasteiger partial charge < -0.3 is 5.32 Å². The number of anilines is 1. The van der Waals surface area contributed by atoms with Crippen LogP contribution in [0.15, 0.2) is 78.0 Å². The van der Waals surface area contributed by atoms with E-state index in [0.29, 0.717) is 11.5 Å². The van der Waals surface area contributed by atoms with Crippen molar-refractivity contribution >= 4 is 23.4 Å². The average molecular weight is 362 g/mol. The maximum absolute atomic E-state index is 12.8. The van der Waals surface area contributed by atoms with E-state index in [0.717, 1.165) is 16.3 Å². The maximum Gasteiger partial charge on any atom is 0.256 e. The molecule has 0 aliphatic rings. The Bertz CT molecular complexity index is 878. The van der Waals surface area contributed by atoms with Gasteiger partial charge in [0.15, 0.2) is 0 Å². The molecule has 0 spiro atoms. The van der Waals surface area contributed by atoms with E-state index < -0.39 is 0 Å². The quantitative estimate of drug-likeness (QED) is 0.568. The van der Waals surface area contributed by atoms with Gasteiger partial charge in [-0.1, -0.05) is 38.1 Å². The number of hydrogen-bond acceptors (Lipinski definition) is 3. The summed E-state index contributed by atoms with van der Waals surface area (Å²) in [5.74, 6) is 1.15. The summed E-state index contributed by atoms with van der Waals surface area (Å²) < 4.78 is 0. The first-order valence-corrected chi connectivity index (χ1v) is 9.64. The molecular formula is C22H22N2OS. The number of benzene rings is 2. The second kappa shape index (κ2) is 8.68. The SMILES string of the molecule is CC(C)c1cccc(NC(=O)c2ccccc2SCc2ccncc2)c1. The normalized spacial score (nSPS) is 10.7. The second-order valence-electron chi connectivity index (χ2n) is 6.37. The van der Waals surface area contributed by atoms with Crippen molar-refractivity contribution in [1.82, 2.24) is 4.98 Å². The Hall–Kier alpha value is -2.59. The number of thioether (sulfide) groups is 1. The summed E-state index contributed by atoms with van der Waals surface area (Å²) in [4.78, 5) is 17.8. The van der Waals surface area contributed by atoms with Gasteiger partial charge in [-0.25, -0.2) is 0 Å². The van der Waals surface area contributed by atoms with Crippen LogP contribution in [0.4, 0.5) is 5.69 Å². The molecular weight excluding hydrogens is 340 g/mol. The smallest absolute Gasteiger partial charge is 0.256 e. The summed E-state index contributed by atoms with van der Waals surface area (Å²) in [6.07, 6.45) is 3.58. The number of rotatable bonds is 6. The van der Waals surface area contributed by atoms with E-state index in [-0.39, 0.29) is 5.91 Å². The van der Waals surface area contributed by atoms with Gasteiger partial charge >= 0.3 is 0 Å². The highest BCUT2D eigenvalue weighted by Gasteiger charge is 2.12. The van der Waals surface area contributed by atoms with Crippen LogP contribution in [0, 0.1) is 0 Å². The monoisotopic (exact) mass is 362 g/mol. The first-order valence-electron chi connectivity index (χ1n) is 8.65. The van der Waals surface area contributed by atoms with Gasteiger partial charge in [-0.05, 0) is 53.4 Å². The molecule has 2 aromatic carbocycles. The Labute approximate surface area is 158 Å². The van der Waals surface area contributed by atoms with Crippen LogP contribution in [-0.4, -0.2) is 10.9 Å². The van der Waals surface area contributed by atoms with E-state index in [2.05, 4.69) is 30.2 Å². The van der Waals surface area contributed by atoms with Gasteiger partial charge in [-0.2, -0.15) is 0 Å². The average Bonchev–Trinajstić information content (AvgIpc) is 2.67. The highest BCUT2D eigenvalue weighted by Crippen LogP contribution is 2.27. The Kier molecular flexibility index (Phi) is 6.08. The summed E-state index contributed by atoms with van der Waals surface area (Å²) in [5.41, 5.74) is 3.92. The predicted molar refractivity (Wildman–Crippen MR) is 109 cm³/mol. The topological polar surface area (TPSA) is 42.0 Å². The number of carbonyl (C=O) groups is 1. The largest absolute Gasteiger partial charge is 0.322 e. The van der Waals surface area contributed by atoms with Gasteiger partial charge in [-0.3, -0.25) is 9.78 Å². The molecule has 0 saturated carbocycles. The Balaban J connectivity index is 1.74. The van der Waals surface area contributed by atoms with E-state index in [4.69, 9.17) is 0 Å². The van der Waals surface area contributed by atoms with Crippen molar-refractivity contribution in [1.29, 1.82) is 0 Å². The number of amides is 1. The van der Waals surface area contributed by atoms with Crippen molar-refractivity contribution in [3.63, 3.8) is 0 Å². The van der Waals surface area contributed by atoms with Crippen LogP contribution in [0.1, 0.15) is 41.3 Å². The molecule has 0 bridgehead atoms. The van der Waals surface area contributed by atoms with E-state index in [1.165, 1.54) is 11.1 Å². The molecule has 0 unspecified atom stereocenters. The zero-order chi connectivity index (χ0) is 18.4. The molecule has 0 radical (unpaired) electrons. The van der Waals surface area contributed by atoms with Gasteiger partial charge in [0.1, 0.15) is 0 Å². The fourth-order valence-corrected chi connectivity index (χ4v) is 3.60. The fraction of sp³-hybridized carbons (Fsp3) is 0.182. The summed E-state index contributed by atoms with van der Waals surface area (Å²) in [7, 11) is 0. The summed E-state index contributed by atoms with van der Waals surface area (Å²) >= 11 is 1.66. The Morgan fingerprint density at radius 2 is 1.81 bits per heavy atom. The molecule has 0 atom stereocenters. The van der Waals surface area contributed by atoms with E-state index in [1.54, 1.807) is 24.2 Å². The summed E-state index contributed by atoms with van der Waals surface area (Å²) in [6.45, 7) is 4.29. The van der Waals surface area contributed by atoms with Crippen LogP contribution >= 0.6 is 11.8 Å². The highest BCUT2D eigenvalue weighted by molar-refractivity contribution is 7.98. The molecule has 1 aromatic heterocycles. The minimum atomic E-state index is -0.0799. The molecule has 0 fully saturated rings. The maximum atomic E-state index is 12.8. The lowest BCUT2D eigenvalue weighted by Crippen LogP contribution is -2.13. The minimum Gasteiger partial charge on any atom is -0.322 e. The summed E-state index contributed by atoms with van der Waals surface area (Å²) in [5, 5.41) is 3.03. The zero-order valence-corrected chi connectivity index (χ0v) is 15.8. The van der Waals surface area contributed by atoms with Crippen molar-refractivity contribution in [3.05, 3.63) is 89.7 Å². The van der Waals surface area contributed by atoms with Gasteiger partial charge in [-0.15, -0.1) is 11.8 Å². The molecule has 1 amide bonds. The van der Waals surface area contributed by atoms with Crippen molar-refractivity contribution in [2.45, 2.75) is 30.4 Å². The number of nitrogens with one attached hydrogen (secondary N) is 1. The molecule has 0 saturated heterocycles. The molecule has 4 heteroatoms. The third-order valence-corrected chi connectivity index (χ3v) is 5.23. The number of nitrogens with zero attached hydrogens (tertiary/aromatic N) is 1.